The second kappa shape index (κ2) is 6.06. The Kier molecular flexibility index (Phi) is 3.86. The largest absolute Gasteiger partial charge is 0.293 e. The van der Waals surface area contributed by atoms with E-state index in [1.165, 1.54) is 11.3 Å². The Balaban J connectivity index is 1.59. The van der Waals surface area contributed by atoms with Crippen molar-refractivity contribution in [3.63, 3.8) is 0 Å². The highest BCUT2D eigenvalue weighted by molar-refractivity contribution is 7.22. The number of hydrazone groups is 1. The monoisotopic (exact) mass is 369 g/mol. The molecule has 0 aliphatic heterocycles. The summed E-state index contributed by atoms with van der Waals surface area (Å²) in [5.41, 5.74) is 5.00. The molecule has 1 heterocycles. The Labute approximate surface area is 152 Å². The first kappa shape index (κ1) is 15.9. The van der Waals surface area contributed by atoms with E-state index >= 15 is 0 Å². The van der Waals surface area contributed by atoms with Gasteiger partial charge in [0.15, 0.2) is 11.6 Å². The summed E-state index contributed by atoms with van der Waals surface area (Å²) >= 11 is 7.38. The second-order valence-electron chi connectivity index (χ2n) is 5.70. The minimum absolute atomic E-state index is 0.209. The number of carbonyl (C=O) groups excluding carboxylic acids is 2. The first-order chi connectivity index (χ1) is 12.0. The zero-order valence-corrected chi connectivity index (χ0v) is 14.7. The standard InChI is InChI=1S/C18H12ClN3O2S/c1-9(15-16(23)11-4-2-3-5-12(11)17(15)24)21-22-18-20-13-7-6-10(19)8-14(13)25-18/h2-8,15H,1H3,(H,20,22). The smallest absolute Gasteiger partial charge is 0.204 e. The lowest BCUT2D eigenvalue weighted by molar-refractivity contribution is 0.0883. The molecule has 2 aromatic carbocycles. The Bertz CT molecular complexity index is 1020. The molecule has 1 aliphatic carbocycles. The number of halogens is 1. The van der Waals surface area contributed by atoms with Crippen LogP contribution in [0, 0.1) is 5.92 Å². The van der Waals surface area contributed by atoms with E-state index in [0.29, 0.717) is 27.0 Å². The van der Waals surface area contributed by atoms with Crippen LogP contribution in [0.2, 0.25) is 5.02 Å². The number of nitrogens with zero attached hydrogens (tertiary/aromatic N) is 2. The summed E-state index contributed by atoms with van der Waals surface area (Å²) in [6.07, 6.45) is 0. The van der Waals surface area contributed by atoms with Gasteiger partial charge in [-0.1, -0.05) is 47.2 Å². The molecule has 1 N–H and O–H groups in total. The first-order valence-electron chi connectivity index (χ1n) is 7.58. The van der Waals surface area contributed by atoms with Gasteiger partial charge in [-0.05, 0) is 25.1 Å². The van der Waals surface area contributed by atoms with Crippen LogP contribution in [0.1, 0.15) is 27.6 Å². The van der Waals surface area contributed by atoms with Crippen molar-refractivity contribution in [3.05, 3.63) is 58.6 Å². The Hall–Kier alpha value is -2.57. The van der Waals surface area contributed by atoms with Gasteiger partial charge in [0.05, 0.1) is 15.9 Å². The maximum atomic E-state index is 12.5. The number of aromatic nitrogens is 1. The van der Waals surface area contributed by atoms with Crippen molar-refractivity contribution < 1.29 is 9.59 Å². The van der Waals surface area contributed by atoms with Crippen LogP contribution in [-0.4, -0.2) is 22.3 Å². The first-order valence-corrected chi connectivity index (χ1v) is 8.78. The molecule has 3 aromatic rings. The fourth-order valence-corrected chi connectivity index (χ4v) is 3.95. The van der Waals surface area contributed by atoms with Crippen LogP contribution in [0.4, 0.5) is 5.13 Å². The van der Waals surface area contributed by atoms with Gasteiger partial charge in [0.2, 0.25) is 5.13 Å². The van der Waals surface area contributed by atoms with Crippen LogP contribution >= 0.6 is 22.9 Å². The third-order valence-electron chi connectivity index (χ3n) is 4.08. The van der Waals surface area contributed by atoms with Gasteiger partial charge >= 0.3 is 0 Å². The number of carbonyl (C=O) groups is 2. The number of rotatable bonds is 3. The van der Waals surface area contributed by atoms with E-state index in [0.717, 1.165) is 10.2 Å². The molecular formula is C18H12ClN3O2S. The molecule has 0 atom stereocenters. The molecule has 1 aliphatic rings. The molecule has 0 spiro atoms. The van der Waals surface area contributed by atoms with Crippen molar-refractivity contribution in [2.24, 2.45) is 11.0 Å². The highest BCUT2D eigenvalue weighted by Crippen LogP contribution is 2.30. The number of hydrogen-bond donors (Lipinski definition) is 1. The lowest BCUT2D eigenvalue weighted by Crippen LogP contribution is -2.24. The summed E-state index contributed by atoms with van der Waals surface area (Å²) in [7, 11) is 0. The summed E-state index contributed by atoms with van der Waals surface area (Å²) in [5.74, 6) is -1.28. The predicted molar refractivity (Wildman–Crippen MR) is 100.0 cm³/mol. The van der Waals surface area contributed by atoms with Crippen molar-refractivity contribution in [1.29, 1.82) is 0 Å². The molecular weight excluding hydrogens is 358 g/mol. The molecule has 1 aromatic heterocycles. The second-order valence-corrected chi connectivity index (χ2v) is 7.17. The van der Waals surface area contributed by atoms with Gasteiger partial charge < -0.3 is 0 Å². The third kappa shape index (κ3) is 2.73. The van der Waals surface area contributed by atoms with E-state index in [1.807, 2.05) is 12.1 Å². The summed E-state index contributed by atoms with van der Waals surface area (Å²) in [5, 5.41) is 5.43. The topological polar surface area (TPSA) is 71.4 Å². The van der Waals surface area contributed by atoms with Crippen LogP contribution in [-0.2, 0) is 0 Å². The molecule has 0 unspecified atom stereocenters. The van der Waals surface area contributed by atoms with Gasteiger partial charge in [0.25, 0.3) is 0 Å². The zero-order valence-electron chi connectivity index (χ0n) is 13.1. The molecule has 0 fully saturated rings. The van der Waals surface area contributed by atoms with Crippen LogP contribution in [0.3, 0.4) is 0 Å². The summed E-state index contributed by atoms with van der Waals surface area (Å²) in [4.78, 5) is 29.4. The van der Waals surface area contributed by atoms with E-state index in [4.69, 9.17) is 11.6 Å². The number of anilines is 1. The average Bonchev–Trinajstić information content (AvgIpc) is 3.12. The number of fused-ring (bicyclic) bond motifs is 2. The average molecular weight is 370 g/mol. The fourth-order valence-electron chi connectivity index (χ4n) is 2.87. The van der Waals surface area contributed by atoms with Gasteiger partial charge in [-0.3, -0.25) is 15.0 Å². The highest BCUT2D eigenvalue weighted by atomic mass is 35.5. The number of thiazole rings is 1. The Morgan fingerprint density at radius 2 is 1.84 bits per heavy atom. The maximum Gasteiger partial charge on any atom is 0.204 e. The predicted octanol–water partition coefficient (Wildman–Crippen LogP) is 4.43. The van der Waals surface area contributed by atoms with E-state index in [1.54, 1.807) is 37.3 Å². The fraction of sp³-hybridized carbons (Fsp3) is 0.111. The SMILES string of the molecule is CC(=NNc1nc2ccc(Cl)cc2s1)C1C(=O)c2ccccc2C1=O. The number of hydrogen-bond acceptors (Lipinski definition) is 6. The number of nitrogens with one attached hydrogen (secondary N) is 1. The minimum atomic E-state index is -0.867. The van der Waals surface area contributed by atoms with Crippen molar-refractivity contribution in [2.45, 2.75) is 6.92 Å². The van der Waals surface area contributed by atoms with Crippen molar-refractivity contribution in [3.8, 4) is 0 Å². The Morgan fingerprint density at radius 1 is 1.16 bits per heavy atom. The lowest BCUT2D eigenvalue weighted by atomic mass is 9.99. The van der Waals surface area contributed by atoms with E-state index in [-0.39, 0.29) is 11.6 Å². The van der Waals surface area contributed by atoms with Gasteiger partial charge in [-0.25, -0.2) is 4.98 Å². The summed E-state index contributed by atoms with van der Waals surface area (Å²) < 4.78 is 0.934. The van der Waals surface area contributed by atoms with Crippen LogP contribution in [0.5, 0.6) is 0 Å². The Morgan fingerprint density at radius 3 is 2.52 bits per heavy atom. The van der Waals surface area contributed by atoms with E-state index in [2.05, 4.69) is 15.5 Å². The third-order valence-corrected chi connectivity index (χ3v) is 5.24. The van der Waals surface area contributed by atoms with Crippen LogP contribution in [0.25, 0.3) is 10.2 Å². The molecule has 124 valence electrons. The van der Waals surface area contributed by atoms with E-state index < -0.39 is 5.92 Å². The van der Waals surface area contributed by atoms with Crippen molar-refractivity contribution in [2.75, 3.05) is 5.43 Å². The number of ketones is 2. The maximum absolute atomic E-state index is 12.5. The molecule has 0 amide bonds. The number of benzene rings is 2. The zero-order chi connectivity index (χ0) is 17.6. The molecule has 0 radical (unpaired) electrons. The van der Waals surface area contributed by atoms with Crippen molar-refractivity contribution in [1.82, 2.24) is 4.98 Å². The molecule has 7 heteroatoms. The van der Waals surface area contributed by atoms with Crippen molar-refractivity contribution >= 4 is 55.6 Å². The summed E-state index contributed by atoms with van der Waals surface area (Å²) in [6.45, 7) is 1.67. The number of Topliss-reactive ketones (excluding diaryl/α,β-unsaturated/α-hetero) is 2. The molecule has 4 rings (SSSR count). The quantitative estimate of drug-likeness (QED) is 0.421. The summed E-state index contributed by atoms with van der Waals surface area (Å²) in [6, 6.07) is 12.3. The highest BCUT2D eigenvalue weighted by Gasteiger charge is 2.40. The van der Waals surface area contributed by atoms with Crippen LogP contribution < -0.4 is 5.43 Å². The lowest BCUT2D eigenvalue weighted by Gasteiger charge is -2.06. The molecule has 5 nitrogen and oxygen atoms in total. The normalized spacial score (nSPS) is 15.0. The van der Waals surface area contributed by atoms with Gasteiger partial charge in [-0.2, -0.15) is 5.10 Å². The molecule has 0 bridgehead atoms. The van der Waals surface area contributed by atoms with Gasteiger partial charge in [-0.15, -0.1) is 0 Å². The van der Waals surface area contributed by atoms with Gasteiger partial charge in [0, 0.05) is 16.1 Å². The van der Waals surface area contributed by atoms with E-state index in [9.17, 15) is 9.59 Å². The van der Waals surface area contributed by atoms with Crippen LogP contribution in [0.15, 0.2) is 47.6 Å². The molecule has 0 saturated carbocycles. The minimum Gasteiger partial charge on any atom is -0.293 e. The molecule has 0 saturated heterocycles. The van der Waals surface area contributed by atoms with Gasteiger partial charge in [0.1, 0.15) is 5.92 Å². The molecule has 25 heavy (non-hydrogen) atoms.